The van der Waals surface area contributed by atoms with Crippen LogP contribution in [0.4, 0.5) is 4.79 Å². The van der Waals surface area contributed by atoms with Crippen molar-refractivity contribution in [2.75, 3.05) is 13.1 Å². The maximum atomic E-state index is 12.0. The number of esters is 1. The fourth-order valence-corrected chi connectivity index (χ4v) is 2.14. The summed E-state index contributed by atoms with van der Waals surface area (Å²) in [6, 6.07) is 0. The van der Waals surface area contributed by atoms with E-state index in [1.165, 1.54) is 4.90 Å². The van der Waals surface area contributed by atoms with E-state index >= 15 is 0 Å². The third-order valence-electron chi connectivity index (χ3n) is 2.81. The number of ether oxygens (including phenoxy) is 2. The molecule has 0 aromatic heterocycles. The molecule has 0 aromatic rings. The second-order valence-electron chi connectivity index (χ2n) is 5.96. The van der Waals surface area contributed by atoms with Crippen molar-refractivity contribution < 1.29 is 23.9 Å². The van der Waals surface area contributed by atoms with Crippen molar-refractivity contribution in [3.8, 4) is 0 Å². The van der Waals surface area contributed by atoms with Crippen LogP contribution in [-0.2, 0) is 19.1 Å². The lowest BCUT2D eigenvalue weighted by atomic mass is 9.91. The normalized spacial score (nSPS) is 23.7. The van der Waals surface area contributed by atoms with Gasteiger partial charge >= 0.3 is 18.5 Å². The molecule has 2 atom stereocenters. The largest absolute Gasteiger partial charge is 0.444 e. The average molecular weight is 271 g/mol. The van der Waals surface area contributed by atoms with Gasteiger partial charge in [-0.15, -0.1) is 0 Å². The number of amides is 1. The van der Waals surface area contributed by atoms with E-state index in [9.17, 15) is 14.4 Å². The molecule has 1 aliphatic rings. The quantitative estimate of drug-likeness (QED) is 0.433. The number of carbonyl (C=O) groups excluding carboxylic acids is 3. The number of likely N-dealkylation sites (tertiary alicyclic amines) is 1. The van der Waals surface area contributed by atoms with E-state index in [0.29, 0.717) is 13.0 Å². The molecule has 19 heavy (non-hydrogen) atoms. The second kappa shape index (κ2) is 6.04. The molecular formula is C13H21NO5. The van der Waals surface area contributed by atoms with E-state index in [2.05, 4.69) is 4.74 Å². The molecule has 0 saturated carbocycles. The number of nitrogens with zero attached hydrogens (tertiary/aromatic N) is 1. The number of piperidine rings is 1. The third kappa shape index (κ3) is 4.89. The summed E-state index contributed by atoms with van der Waals surface area (Å²) in [6.07, 6.45) is 0.161. The van der Waals surface area contributed by atoms with Crippen LogP contribution in [-0.4, -0.2) is 42.1 Å². The van der Waals surface area contributed by atoms with Crippen LogP contribution in [0.1, 0.15) is 34.1 Å². The molecule has 1 fully saturated rings. The van der Waals surface area contributed by atoms with Crippen LogP contribution in [0.25, 0.3) is 0 Å². The molecule has 108 valence electrons. The van der Waals surface area contributed by atoms with Gasteiger partial charge in [0.05, 0.1) is 5.92 Å². The van der Waals surface area contributed by atoms with Crippen LogP contribution < -0.4 is 0 Å². The van der Waals surface area contributed by atoms with Crippen molar-refractivity contribution in [1.29, 1.82) is 0 Å². The smallest absolute Gasteiger partial charge is 0.410 e. The van der Waals surface area contributed by atoms with Crippen LogP contribution in [0, 0.1) is 11.8 Å². The second-order valence-corrected chi connectivity index (χ2v) is 5.96. The van der Waals surface area contributed by atoms with Gasteiger partial charge in [-0.25, -0.2) is 4.79 Å². The summed E-state index contributed by atoms with van der Waals surface area (Å²) in [4.78, 5) is 35.2. The van der Waals surface area contributed by atoms with Gasteiger partial charge in [0.25, 0.3) is 0 Å². The summed E-state index contributed by atoms with van der Waals surface area (Å²) in [7, 11) is 0. The average Bonchev–Trinajstić information content (AvgIpc) is 2.26. The number of rotatable bonds is 2. The van der Waals surface area contributed by atoms with Crippen LogP contribution >= 0.6 is 0 Å². The van der Waals surface area contributed by atoms with Crippen LogP contribution in [0.15, 0.2) is 0 Å². The topological polar surface area (TPSA) is 72.9 Å². The van der Waals surface area contributed by atoms with Crippen molar-refractivity contribution in [3.63, 3.8) is 0 Å². The van der Waals surface area contributed by atoms with E-state index < -0.39 is 23.6 Å². The summed E-state index contributed by atoms with van der Waals surface area (Å²) < 4.78 is 9.64. The van der Waals surface area contributed by atoms with Crippen molar-refractivity contribution in [2.24, 2.45) is 11.8 Å². The Kier molecular flexibility index (Phi) is 4.91. The molecule has 1 aliphatic heterocycles. The van der Waals surface area contributed by atoms with Crippen molar-refractivity contribution in [2.45, 2.75) is 39.7 Å². The Balaban J connectivity index is 2.67. The lowest BCUT2D eigenvalue weighted by molar-refractivity contribution is -0.156. The van der Waals surface area contributed by atoms with E-state index in [1.54, 1.807) is 20.8 Å². The van der Waals surface area contributed by atoms with Gasteiger partial charge in [-0.05, 0) is 33.1 Å². The van der Waals surface area contributed by atoms with E-state index in [4.69, 9.17) is 4.74 Å². The van der Waals surface area contributed by atoms with Crippen molar-refractivity contribution >= 4 is 18.5 Å². The highest BCUT2D eigenvalue weighted by atomic mass is 16.6. The Morgan fingerprint density at radius 3 is 2.42 bits per heavy atom. The zero-order chi connectivity index (χ0) is 14.6. The fourth-order valence-electron chi connectivity index (χ4n) is 2.14. The summed E-state index contributed by atoms with van der Waals surface area (Å²) >= 11 is 0. The summed E-state index contributed by atoms with van der Waals surface area (Å²) in [5.74, 6) is -0.901. The molecule has 1 saturated heterocycles. The van der Waals surface area contributed by atoms with E-state index in [1.807, 2.05) is 6.92 Å². The minimum atomic E-state index is -0.588. The standard InChI is InChI=1S/C13H21NO5/c1-9-5-10(11(16)18-8-15)7-14(6-9)12(17)19-13(2,3)4/h8-10H,5-7H2,1-4H3. The Morgan fingerprint density at radius 1 is 1.26 bits per heavy atom. The molecule has 1 heterocycles. The molecule has 6 nitrogen and oxygen atoms in total. The summed E-state index contributed by atoms with van der Waals surface area (Å²) in [5.41, 5.74) is -0.573. The zero-order valence-corrected chi connectivity index (χ0v) is 11.8. The molecule has 0 aromatic carbocycles. The van der Waals surface area contributed by atoms with E-state index in [-0.39, 0.29) is 18.9 Å². The molecule has 2 unspecified atom stereocenters. The summed E-state index contributed by atoms with van der Waals surface area (Å²) in [6.45, 7) is 8.20. The Morgan fingerprint density at radius 2 is 1.89 bits per heavy atom. The Labute approximate surface area is 113 Å². The molecule has 0 bridgehead atoms. The van der Waals surface area contributed by atoms with Crippen molar-refractivity contribution in [3.05, 3.63) is 0 Å². The minimum absolute atomic E-state index is 0.124. The first-order chi connectivity index (χ1) is 8.73. The van der Waals surface area contributed by atoms with Crippen LogP contribution in [0.3, 0.4) is 0 Å². The Hall–Kier alpha value is -1.59. The molecule has 0 N–H and O–H groups in total. The SMILES string of the molecule is CC1CC(C(=O)OC=O)CN(C(=O)OC(C)(C)C)C1. The lowest BCUT2D eigenvalue weighted by Gasteiger charge is -2.35. The van der Waals surface area contributed by atoms with Gasteiger partial charge in [0.15, 0.2) is 0 Å². The highest BCUT2D eigenvalue weighted by Crippen LogP contribution is 2.24. The monoisotopic (exact) mass is 271 g/mol. The van der Waals surface area contributed by atoms with Crippen LogP contribution in [0.2, 0.25) is 0 Å². The predicted molar refractivity (Wildman–Crippen MR) is 67.2 cm³/mol. The van der Waals surface area contributed by atoms with Gasteiger partial charge in [-0.2, -0.15) is 0 Å². The number of hydrogen-bond donors (Lipinski definition) is 0. The van der Waals surface area contributed by atoms with Gasteiger partial charge < -0.3 is 14.4 Å². The van der Waals surface area contributed by atoms with Gasteiger partial charge in [0.2, 0.25) is 0 Å². The third-order valence-corrected chi connectivity index (χ3v) is 2.81. The highest BCUT2D eigenvalue weighted by molar-refractivity contribution is 5.80. The molecule has 0 spiro atoms. The maximum absolute atomic E-state index is 12.0. The molecule has 0 aliphatic carbocycles. The molecule has 1 rings (SSSR count). The first-order valence-corrected chi connectivity index (χ1v) is 6.35. The maximum Gasteiger partial charge on any atom is 0.410 e. The number of carbonyl (C=O) groups is 3. The molecule has 6 heteroatoms. The van der Waals surface area contributed by atoms with Gasteiger partial charge in [-0.1, -0.05) is 6.92 Å². The fraction of sp³-hybridized carbons (Fsp3) is 0.769. The van der Waals surface area contributed by atoms with Gasteiger partial charge in [0.1, 0.15) is 5.60 Å². The van der Waals surface area contributed by atoms with Crippen LogP contribution in [0.5, 0.6) is 0 Å². The first kappa shape index (κ1) is 15.5. The molecule has 0 radical (unpaired) electrons. The number of hydrogen-bond acceptors (Lipinski definition) is 5. The first-order valence-electron chi connectivity index (χ1n) is 6.35. The molecular weight excluding hydrogens is 250 g/mol. The Bertz CT molecular complexity index is 361. The summed E-state index contributed by atoms with van der Waals surface area (Å²) in [5, 5.41) is 0. The lowest BCUT2D eigenvalue weighted by Crippen LogP contribution is -2.47. The van der Waals surface area contributed by atoms with Crippen molar-refractivity contribution in [1.82, 2.24) is 4.90 Å². The zero-order valence-electron chi connectivity index (χ0n) is 11.8. The minimum Gasteiger partial charge on any atom is -0.444 e. The van der Waals surface area contributed by atoms with Gasteiger partial charge in [0, 0.05) is 13.1 Å². The highest BCUT2D eigenvalue weighted by Gasteiger charge is 2.34. The predicted octanol–water partition coefficient (Wildman–Crippen LogP) is 1.58. The van der Waals surface area contributed by atoms with E-state index in [0.717, 1.165) is 0 Å². The molecule has 1 amide bonds. The van der Waals surface area contributed by atoms with Gasteiger partial charge in [-0.3, -0.25) is 9.59 Å².